The molecule has 1 amide bonds. The summed E-state index contributed by atoms with van der Waals surface area (Å²) in [5.74, 6) is -1.33. The lowest BCUT2D eigenvalue weighted by Gasteiger charge is -2.18. The molecule has 0 unspecified atom stereocenters. The Bertz CT molecular complexity index is 396. The number of aliphatic hydroxyl groups is 2. The van der Waals surface area contributed by atoms with Crippen LogP contribution in [0.1, 0.15) is 10.6 Å². The quantitative estimate of drug-likeness (QED) is 0.520. The highest BCUT2D eigenvalue weighted by atomic mass is 16.6. The van der Waals surface area contributed by atoms with Gasteiger partial charge in [-0.2, -0.15) is 0 Å². The van der Waals surface area contributed by atoms with Gasteiger partial charge < -0.3 is 19.5 Å². The molecule has 17 heavy (non-hydrogen) atoms. The predicted molar refractivity (Wildman–Crippen MR) is 55.4 cm³/mol. The molecule has 94 valence electrons. The highest BCUT2D eigenvalue weighted by Crippen LogP contribution is 2.17. The van der Waals surface area contributed by atoms with E-state index >= 15 is 0 Å². The summed E-state index contributed by atoms with van der Waals surface area (Å²) < 4.78 is 4.73. The Morgan fingerprint density at radius 2 is 1.94 bits per heavy atom. The molecule has 0 bridgehead atoms. The minimum absolute atomic E-state index is 0.0217. The Hall–Kier alpha value is -1.93. The largest absolute Gasteiger partial charge is 0.433 e. The van der Waals surface area contributed by atoms with Crippen LogP contribution in [0, 0.1) is 10.1 Å². The molecule has 0 aliphatic rings. The van der Waals surface area contributed by atoms with E-state index in [-0.39, 0.29) is 32.1 Å². The third-order valence-corrected chi connectivity index (χ3v) is 2.01. The Labute approximate surface area is 96.2 Å². The number of carbonyl (C=O) groups excluding carboxylic acids is 1. The van der Waals surface area contributed by atoms with E-state index in [1.807, 2.05) is 0 Å². The molecule has 0 aromatic carbocycles. The zero-order chi connectivity index (χ0) is 12.8. The average Bonchev–Trinajstić information content (AvgIpc) is 2.77. The van der Waals surface area contributed by atoms with Crippen molar-refractivity contribution >= 4 is 11.8 Å². The molecule has 0 atom stereocenters. The van der Waals surface area contributed by atoms with Gasteiger partial charge in [0.1, 0.15) is 4.92 Å². The minimum atomic E-state index is -0.751. The van der Waals surface area contributed by atoms with Crippen molar-refractivity contribution in [2.45, 2.75) is 0 Å². The van der Waals surface area contributed by atoms with Gasteiger partial charge in [0.15, 0.2) is 5.76 Å². The Balaban J connectivity index is 2.81. The number of amides is 1. The van der Waals surface area contributed by atoms with E-state index in [0.29, 0.717) is 0 Å². The number of hydrogen-bond donors (Lipinski definition) is 2. The second kappa shape index (κ2) is 5.97. The molecule has 0 fully saturated rings. The molecule has 0 saturated heterocycles. The molecule has 0 aliphatic carbocycles. The van der Waals surface area contributed by atoms with Gasteiger partial charge in [0.05, 0.1) is 19.3 Å². The summed E-state index contributed by atoms with van der Waals surface area (Å²) in [5.41, 5.74) is 0. The smallest absolute Gasteiger partial charge is 0.395 e. The molecule has 1 rings (SSSR count). The first-order chi connectivity index (χ1) is 8.10. The van der Waals surface area contributed by atoms with E-state index in [4.69, 9.17) is 14.6 Å². The van der Waals surface area contributed by atoms with Gasteiger partial charge in [-0.25, -0.2) is 0 Å². The summed E-state index contributed by atoms with van der Waals surface area (Å²) in [5, 5.41) is 27.8. The molecule has 8 nitrogen and oxygen atoms in total. The fourth-order valence-corrected chi connectivity index (χ4v) is 1.25. The molecule has 0 spiro atoms. The van der Waals surface area contributed by atoms with E-state index in [1.165, 1.54) is 6.07 Å². The molecule has 0 radical (unpaired) electrons. The summed E-state index contributed by atoms with van der Waals surface area (Å²) in [6.07, 6.45) is 0. The first-order valence-corrected chi connectivity index (χ1v) is 4.85. The maximum absolute atomic E-state index is 11.7. The predicted octanol–water partition coefficient (Wildman–Crippen LogP) is -0.385. The number of rotatable bonds is 6. The van der Waals surface area contributed by atoms with E-state index in [0.717, 1.165) is 11.0 Å². The molecule has 8 heteroatoms. The molecule has 2 N–H and O–H groups in total. The second-order valence-corrected chi connectivity index (χ2v) is 3.13. The van der Waals surface area contributed by atoms with Crippen molar-refractivity contribution in [3.05, 3.63) is 28.0 Å². The number of aliphatic hydroxyl groups excluding tert-OH is 2. The molecular formula is C9H12N2O6. The van der Waals surface area contributed by atoms with Gasteiger partial charge in [-0.05, 0) is 6.07 Å². The number of nitrogens with zero attached hydrogens (tertiary/aromatic N) is 2. The van der Waals surface area contributed by atoms with Crippen LogP contribution in [0.2, 0.25) is 0 Å². The van der Waals surface area contributed by atoms with Crippen LogP contribution in [0.4, 0.5) is 5.88 Å². The normalized spacial score (nSPS) is 10.2. The van der Waals surface area contributed by atoms with Gasteiger partial charge in [0.2, 0.25) is 0 Å². The maximum Gasteiger partial charge on any atom is 0.433 e. The van der Waals surface area contributed by atoms with Crippen LogP contribution in [0.15, 0.2) is 16.5 Å². The Morgan fingerprint density at radius 3 is 2.35 bits per heavy atom. The van der Waals surface area contributed by atoms with Crippen molar-refractivity contribution < 1.29 is 24.3 Å². The van der Waals surface area contributed by atoms with Gasteiger partial charge in [-0.3, -0.25) is 14.9 Å². The lowest BCUT2D eigenvalue weighted by Crippen LogP contribution is -2.35. The van der Waals surface area contributed by atoms with Gasteiger partial charge in [-0.15, -0.1) is 0 Å². The van der Waals surface area contributed by atoms with Crippen molar-refractivity contribution in [3.63, 3.8) is 0 Å². The van der Waals surface area contributed by atoms with Crippen LogP contribution < -0.4 is 0 Å². The van der Waals surface area contributed by atoms with Crippen LogP contribution in [0.5, 0.6) is 0 Å². The summed E-state index contributed by atoms with van der Waals surface area (Å²) >= 11 is 0. The minimum Gasteiger partial charge on any atom is -0.395 e. The monoisotopic (exact) mass is 244 g/mol. The lowest BCUT2D eigenvalue weighted by atomic mass is 10.3. The third-order valence-electron chi connectivity index (χ3n) is 2.01. The number of hydrogen-bond acceptors (Lipinski definition) is 6. The number of carbonyl (C=O) groups is 1. The summed E-state index contributed by atoms with van der Waals surface area (Å²) in [4.78, 5) is 22.5. The van der Waals surface area contributed by atoms with Crippen LogP contribution in [-0.4, -0.2) is 52.2 Å². The van der Waals surface area contributed by atoms with Crippen molar-refractivity contribution in [3.8, 4) is 0 Å². The average molecular weight is 244 g/mol. The second-order valence-electron chi connectivity index (χ2n) is 3.13. The highest BCUT2D eigenvalue weighted by Gasteiger charge is 2.21. The van der Waals surface area contributed by atoms with Gasteiger partial charge >= 0.3 is 5.88 Å². The van der Waals surface area contributed by atoms with Crippen LogP contribution in [0.3, 0.4) is 0 Å². The fraction of sp³-hybridized carbons (Fsp3) is 0.444. The lowest BCUT2D eigenvalue weighted by molar-refractivity contribution is -0.402. The van der Waals surface area contributed by atoms with E-state index in [1.54, 1.807) is 0 Å². The molecule has 1 aromatic rings. The van der Waals surface area contributed by atoms with Crippen LogP contribution >= 0.6 is 0 Å². The Morgan fingerprint density at radius 1 is 1.35 bits per heavy atom. The van der Waals surface area contributed by atoms with Crippen LogP contribution in [0.25, 0.3) is 0 Å². The number of nitro groups is 1. The third kappa shape index (κ3) is 3.26. The molecule has 0 aliphatic heterocycles. The van der Waals surface area contributed by atoms with E-state index < -0.39 is 16.7 Å². The molecule has 0 saturated carbocycles. The molecular weight excluding hydrogens is 232 g/mol. The highest BCUT2D eigenvalue weighted by molar-refractivity contribution is 5.91. The maximum atomic E-state index is 11.7. The zero-order valence-electron chi connectivity index (χ0n) is 8.90. The SMILES string of the molecule is O=C(c1ccc([N+](=O)[O-])o1)N(CCO)CCO. The van der Waals surface area contributed by atoms with Crippen molar-refractivity contribution in [1.29, 1.82) is 0 Å². The summed E-state index contributed by atoms with van der Waals surface area (Å²) in [7, 11) is 0. The van der Waals surface area contributed by atoms with Gasteiger partial charge in [0.25, 0.3) is 5.91 Å². The first-order valence-electron chi connectivity index (χ1n) is 4.85. The Kier molecular flexibility index (Phi) is 4.61. The fourth-order valence-electron chi connectivity index (χ4n) is 1.25. The first kappa shape index (κ1) is 13.1. The van der Waals surface area contributed by atoms with Gasteiger partial charge in [0, 0.05) is 13.1 Å². The standard InChI is InChI=1S/C9H12N2O6/c12-5-3-10(4-6-13)9(14)7-1-2-8(17-7)11(15)16/h1-2,12-13H,3-6H2. The zero-order valence-corrected chi connectivity index (χ0v) is 8.90. The van der Waals surface area contributed by atoms with Gasteiger partial charge in [-0.1, -0.05) is 0 Å². The van der Waals surface area contributed by atoms with Crippen molar-refractivity contribution in [2.75, 3.05) is 26.3 Å². The van der Waals surface area contributed by atoms with Crippen LogP contribution in [-0.2, 0) is 0 Å². The molecule has 1 aromatic heterocycles. The summed E-state index contributed by atoms with van der Waals surface area (Å²) in [6, 6.07) is 2.26. The van der Waals surface area contributed by atoms with Crippen molar-refractivity contribution in [1.82, 2.24) is 4.90 Å². The van der Waals surface area contributed by atoms with E-state index in [2.05, 4.69) is 0 Å². The van der Waals surface area contributed by atoms with Crippen molar-refractivity contribution in [2.24, 2.45) is 0 Å². The van der Waals surface area contributed by atoms with E-state index in [9.17, 15) is 14.9 Å². The summed E-state index contributed by atoms with van der Waals surface area (Å²) in [6.45, 7) is -0.495. The number of furan rings is 1. The topological polar surface area (TPSA) is 117 Å². The molecule has 1 heterocycles.